The number of methoxy groups -OCH3 is 2. The van der Waals surface area contributed by atoms with Crippen molar-refractivity contribution in [2.24, 2.45) is 5.73 Å². The van der Waals surface area contributed by atoms with Crippen molar-refractivity contribution in [3.05, 3.63) is 23.8 Å². The normalized spacial score (nSPS) is 10.6. The fourth-order valence-electron chi connectivity index (χ4n) is 1.53. The molecule has 0 aliphatic carbocycles. The Kier molecular flexibility index (Phi) is 4.79. The predicted molar refractivity (Wildman–Crippen MR) is 69.7 cm³/mol. The minimum atomic E-state index is -1.23. The quantitative estimate of drug-likeness (QED) is 0.671. The van der Waals surface area contributed by atoms with E-state index in [4.69, 9.17) is 19.9 Å². The summed E-state index contributed by atoms with van der Waals surface area (Å²) >= 11 is 0. The lowest BCUT2D eigenvalue weighted by molar-refractivity contribution is -0.00289. The van der Waals surface area contributed by atoms with E-state index in [2.05, 4.69) is 4.74 Å². The van der Waals surface area contributed by atoms with Crippen molar-refractivity contribution in [1.82, 2.24) is 0 Å². The van der Waals surface area contributed by atoms with Crippen LogP contribution in [0.15, 0.2) is 18.2 Å². The summed E-state index contributed by atoms with van der Waals surface area (Å²) in [5.74, 6) is 1.08. The molecular weight excluding hydrogens is 266 g/mol. The third-order valence-corrected chi connectivity index (χ3v) is 2.57. The summed E-state index contributed by atoms with van der Waals surface area (Å²) in [4.78, 5) is 21.8. The number of benzene rings is 1. The van der Waals surface area contributed by atoms with Gasteiger partial charge in [-0.2, -0.15) is 0 Å². The molecule has 0 aliphatic heterocycles. The van der Waals surface area contributed by atoms with Crippen LogP contribution in [0.1, 0.15) is 19.4 Å². The van der Waals surface area contributed by atoms with Crippen molar-refractivity contribution in [1.29, 1.82) is 0 Å². The summed E-state index contributed by atoms with van der Waals surface area (Å²) < 4.78 is 19.5. The molecule has 0 bridgehead atoms. The average Bonchev–Trinajstić information content (AvgIpc) is 2.36. The van der Waals surface area contributed by atoms with Gasteiger partial charge in [0.15, 0.2) is 0 Å². The fourth-order valence-corrected chi connectivity index (χ4v) is 1.53. The first kappa shape index (κ1) is 15.6. The zero-order valence-corrected chi connectivity index (χ0v) is 11.8. The molecule has 0 aromatic heterocycles. The molecule has 20 heavy (non-hydrogen) atoms. The van der Waals surface area contributed by atoms with Gasteiger partial charge in [0.25, 0.3) is 0 Å². The zero-order valence-electron chi connectivity index (χ0n) is 11.8. The molecular formula is C13H17NO6. The van der Waals surface area contributed by atoms with E-state index in [1.807, 2.05) is 0 Å². The maximum atomic E-state index is 11.3. The Morgan fingerprint density at radius 3 is 1.95 bits per heavy atom. The van der Waals surface area contributed by atoms with Gasteiger partial charge in [0.05, 0.1) is 14.2 Å². The lowest BCUT2D eigenvalue weighted by Gasteiger charge is -2.25. The molecule has 110 valence electrons. The lowest BCUT2D eigenvalue weighted by Crippen LogP contribution is -2.29. The first-order valence-electron chi connectivity index (χ1n) is 5.72. The van der Waals surface area contributed by atoms with Crippen LogP contribution in [0, 0.1) is 0 Å². The van der Waals surface area contributed by atoms with Crippen molar-refractivity contribution in [3.63, 3.8) is 0 Å². The molecule has 0 aliphatic rings. The molecule has 2 N–H and O–H groups in total. The van der Waals surface area contributed by atoms with Crippen molar-refractivity contribution in [3.8, 4) is 11.5 Å². The first-order valence-corrected chi connectivity index (χ1v) is 5.72. The maximum absolute atomic E-state index is 11.3. The van der Waals surface area contributed by atoms with Crippen LogP contribution < -0.4 is 15.2 Å². The van der Waals surface area contributed by atoms with Crippen LogP contribution in [0.4, 0.5) is 9.59 Å². The molecule has 7 nitrogen and oxygen atoms in total. The summed E-state index contributed by atoms with van der Waals surface area (Å²) in [6.45, 7) is 3.26. The van der Waals surface area contributed by atoms with E-state index >= 15 is 0 Å². The van der Waals surface area contributed by atoms with Gasteiger partial charge >= 0.3 is 12.2 Å². The molecule has 1 aromatic rings. The van der Waals surface area contributed by atoms with Gasteiger partial charge in [-0.05, 0) is 26.0 Å². The predicted octanol–water partition coefficient (Wildman–Crippen LogP) is 2.17. The summed E-state index contributed by atoms with van der Waals surface area (Å²) in [6, 6.07) is 5.04. The van der Waals surface area contributed by atoms with Crippen molar-refractivity contribution in [2.75, 3.05) is 14.2 Å². The van der Waals surface area contributed by atoms with Gasteiger partial charge in [-0.3, -0.25) is 0 Å². The van der Waals surface area contributed by atoms with Gasteiger partial charge in [-0.1, -0.05) is 0 Å². The minimum absolute atomic E-state index is 0.541. The number of hydrogen-bond donors (Lipinski definition) is 1. The van der Waals surface area contributed by atoms with Crippen molar-refractivity contribution >= 4 is 12.2 Å². The molecule has 0 spiro atoms. The molecule has 0 fully saturated rings. The second kappa shape index (κ2) is 6.14. The fraction of sp³-hybridized carbons (Fsp3) is 0.385. The van der Waals surface area contributed by atoms with Crippen LogP contribution in [0.25, 0.3) is 0 Å². The lowest BCUT2D eigenvalue weighted by atomic mass is 9.97. The number of rotatable bonds is 4. The van der Waals surface area contributed by atoms with Gasteiger partial charge in [0.2, 0.25) is 0 Å². The van der Waals surface area contributed by atoms with Gasteiger partial charge in [0.1, 0.15) is 17.1 Å². The zero-order chi connectivity index (χ0) is 15.3. The largest absolute Gasteiger partial charge is 0.518 e. The first-order chi connectivity index (χ1) is 9.28. The van der Waals surface area contributed by atoms with E-state index in [1.54, 1.807) is 32.0 Å². The third-order valence-electron chi connectivity index (χ3n) is 2.57. The van der Waals surface area contributed by atoms with Crippen molar-refractivity contribution < 1.29 is 28.5 Å². The Balaban J connectivity index is 3.01. The molecule has 0 heterocycles. The highest BCUT2D eigenvalue weighted by atomic mass is 16.8. The SMILES string of the molecule is COc1cc(OC)cc(C(C)(C)OC(=O)OC(N)=O)c1. The van der Waals surface area contributed by atoms with E-state index in [-0.39, 0.29) is 0 Å². The van der Waals surface area contributed by atoms with Crippen molar-refractivity contribution in [2.45, 2.75) is 19.4 Å². The number of carbonyl (C=O) groups excluding carboxylic acids is 2. The highest BCUT2D eigenvalue weighted by Crippen LogP contribution is 2.32. The van der Waals surface area contributed by atoms with Gasteiger partial charge < -0.3 is 24.7 Å². The topological polar surface area (TPSA) is 97.1 Å². The summed E-state index contributed by atoms with van der Waals surface area (Å²) in [7, 11) is 3.02. The third kappa shape index (κ3) is 4.04. The minimum Gasteiger partial charge on any atom is -0.497 e. The Morgan fingerprint density at radius 1 is 1.05 bits per heavy atom. The van der Waals surface area contributed by atoms with Gasteiger partial charge in [-0.25, -0.2) is 9.59 Å². The maximum Gasteiger partial charge on any atom is 0.518 e. The number of hydrogen-bond acceptors (Lipinski definition) is 6. The Bertz CT molecular complexity index is 489. The Hall–Kier alpha value is -2.44. The van der Waals surface area contributed by atoms with E-state index in [1.165, 1.54) is 14.2 Å². The monoisotopic (exact) mass is 283 g/mol. The molecule has 0 saturated carbocycles. The number of ether oxygens (including phenoxy) is 4. The number of carbonyl (C=O) groups is 2. The standard InChI is InChI=1S/C13H17NO6/c1-13(2,20-12(16)19-11(14)15)8-5-9(17-3)7-10(6-8)18-4/h5-7H,1-4H3,(H2,14,15). The molecule has 1 amide bonds. The van der Waals surface area contributed by atoms with Crippen LogP contribution in [-0.4, -0.2) is 26.5 Å². The molecule has 1 rings (SSSR count). The van der Waals surface area contributed by atoms with E-state index in [9.17, 15) is 9.59 Å². The second-order valence-electron chi connectivity index (χ2n) is 4.38. The summed E-state index contributed by atoms with van der Waals surface area (Å²) in [5, 5.41) is 0. The number of amides is 1. The average molecular weight is 283 g/mol. The van der Waals surface area contributed by atoms with Crippen LogP contribution >= 0.6 is 0 Å². The molecule has 1 aromatic carbocycles. The highest BCUT2D eigenvalue weighted by Gasteiger charge is 2.28. The number of nitrogens with two attached hydrogens (primary N) is 1. The van der Waals surface area contributed by atoms with E-state index < -0.39 is 17.8 Å². The van der Waals surface area contributed by atoms with E-state index in [0.29, 0.717) is 17.1 Å². The second-order valence-corrected chi connectivity index (χ2v) is 4.38. The van der Waals surface area contributed by atoms with Crippen LogP contribution in [-0.2, 0) is 15.1 Å². The van der Waals surface area contributed by atoms with Crippen LogP contribution in [0.2, 0.25) is 0 Å². The highest BCUT2D eigenvalue weighted by molar-refractivity contribution is 5.79. The summed E-state index contributed by atoms with van der Waals surface area (Å²) in [6.07, 6.45) is -2.40. The summed E-state index contributed by atoms with van der Waals surface area (Å²) in [5.41, 5.74) is 4.29. The Labute approximate surface area is 116 Å². The molecule has 0 radical (unpaired) electrons. The van der Waals surface area contributed by atoms with Gasteiger partial charge in [0, 0.05) is 11.6 Å². The molecule has 7 heteroatoms. The van der Waals surface area contributed by atoms with E-state index in [0.717, 1.165) is 0 Å². The van der Waals surface area contributed by atoms with Gasteiger partial charge in [-0.15, -0.1) is 0 Å². The smallest absolute Gasteiger partial charge is 0.497 e. The number of primary amides is 1. The molecule has 0 atom stereocenters. The molecule has 0 unspecified atom stereocenters. The Morgan fingerprint density at radius 2 is 1.55 bits per heavy atom. The van der Waals surface area contributed by atoms with Crippen LogP contribution in [0.3, 0.4) is 0 Å². The van der Waals surface area contributed by atoms with Crippen LogP contribution in [0.5, 0.6) is 11.5 Å². The molecule has 0 saturated heterocycles.